The second-order valence-electron chi connectivity index (χ2n) is 2.89. The number of hydrogen-bond acceptors (Lipinski definition) is 4. The fourth-order valence-electron chi connectivity index (χ4n) is 1.19. The molecule has 0 fully saturated rings. The summed E-state index contributed by atoms with van der Waals surface area (Å²) < 4.78 is 22.2. The molecule has 5 N–H and O–H groups in total. The summed E-state index contributed by atoms with van der Waals surface area (Å²) in [7, 11) is -3.74. The Labute approximate surface area is 82.4 Å². The van der Waals surface area contributed by atoms with Crippen LogP contribution in [0, 0.1) is 0 Å². The van der Waals surface area contributed by atoms with Gasteiger partial charge in [0, 0.05) is 12.3 Å². The molecule has 0 aliphatic carbocycles. The lowest BCUT2D eigenvalue weighted by molar-refractivity contribution is 0.299. The van der Waals surface area contributed by atoms with Gasteiger partial charge in [0.25, 0.3) is 0 Å². The minimum absolute atomic E-state index is 0.0146. The summed E-state index contributed by atoms with van der Waals surface area (Å²) >= 11 is 0. The molecule has 0 bridgehead atoms. The molecule has 5 nitrogen and oxygen atoms in total. The highest BCUT2D eigenvalue weighted by Crippen LogP contribution is 2.17. The van der Waals surface area contributed by atoms with Crippen LogP contribution in [0.4, 0.5) is 5.69 Å². The Morgan fingerprint density at radius 2 is 2.00 bits per heavy atom. The Bertz CT molecular complexity index is 428. The molecule has 78 valence electrons. The SMILES string of the molecule is Nc1ccc(S(N)(=O)=O)c(CCO)c1. The van der Waals surface area contributed by atoms with Crippen LogP contribution in [0.25, 0.3) is 0 Å². The van der Waals surface area contributed by atoms with Crippen molar-refractivity contribution in [3.63, 3.8) is 0 Å². The van der Waals surface area contributed by atoms with Crippen LogP contribution in [0.2, 0.25) is 0 Å². The Morgan fingerprint density at radius 1 is 1.36 bits per heavy atom. The van der Waals surface area contributed by atoms with Gasteiger partial charge in [0.05, 0.1) is 4.90 Å². The number of nitrogens with two attached hydrogens (primary N) is 2. The van der Waals surface area contributed by atoms with Crippen molar-refractivity contribution < 1.29 is 13.5 Å². The highest BCUT2D eigenvalue weighted by atomic mass is 32.2. The number of aliphatic hydroxyl groups is 1. The van der Waals surface area contributed by atoms with Crippen LogP contribution in [-0.2, 0) is 16.4 Å². The van der Waals surface area contributed by atoms with Crippen LogP contribution in [-0.4, -0.2) is 20.1 Å². The van der Waals surface area contributed by atoms with Crippen LogP contribution in [0.1, 0.15) is 5.56 Å². The number of anilines is 1. The molecule has 0 radical (unpaired) electrons. The number of aliphatic hydroxyl groups excluding tert-OH is 1. The van der Waals surface area contributed by atoms with Gasteiger partial charge in [0.1, 0.15) is 0 Å². The topological polar surface area (TPSA) is 106 Å². The van der Waals surface area contributed by atoms with E-state index in [2.05, 4.69) is 0 Å². The van der Waals surface area contributed by atoms with Gasteiger partial charge in [-0.15, -0.1) is 0 Å². The zero-order valence-corrected chi connectivity index (χ0v) is 8.29. The average molecular weight is 216 g/mol. The highest BCUT2D eigenvalue weighted by Gasteiger charge is 2.13. The lowest BCUT2D eigenvalue weighted by Gasteiger charge is -2.06. The molecular formula is C8H12N2O3S. The zero-order chi connectivity index (χ0) is 10.8. The quantitative estimate of drug-likeness (QED) is 0.589. The zero-order valence-electron chi connectivity index (χ0n) is 7.47. The van der Waals surface area contributed by atoms with Gasteiger partial charge in [-0.2, -0.15) is 0 Å². The second-order valence-corrected chi connectivity index (χ2v) is 4.42. The van der Waals surface area contributed by atoms with Gasteiger partial charge >= 0.3 is 0 Å². The predicted molar refractivity (Wildman–Crippen MR) is 53.0 cm³/mol. The first-order chi connectivity index (χ1) is 6.45. The molecule has 0 saturated heterocycles. The summed E-state index contributed by atoms with van der Waals surface area (Å²) in [6.07, 6.45) is 0.219. The molecule has 0 amide bonds. The number of primary sulfonamides is 1. The van der Waals surface area contributed by atoms with Gasteiger partial charge in [-0.25, -0.2) is 13.6 Å². The van der Waals surface area contributed by atoms with Crippen molar-refractivity contribution in [2.45, 2.75) is 11.3 Å². The smallest absolute Gasteiger partial charge is 0.238 e. The van der Waals surface area contributed by atoms with Gasteiger partial charge in [0.2, 0.25) is 10.0 Å². The van der Waals surface area contributed by atoms with Gasteiger partial charge in [-0.05, 0) is 30.2 Å². The minimum atomic E-state index is -3.74. The summed E-state index contributed by atoms with van der Waals surface area (Å²) in [4.78, 5) is 0.0146. The molecule has 0 unspecified atom stereocenters. The van der Waals surface area contributed by atoms with Crippen LogP contribution >= 0.6 is 0 Å². The molecule has 14 heavy (non-hydrogen) atoms. The largest absolute Gasteiger partial charge is 0.399 e. The van der Waals surface area contributed by atoms with E-state index < -0.39 is 10.0 Å². The Hall–Kier alpha value is -1.11. The van der Waals surface area contributed by atoms with Crippen LogP contribution in [0.15, 0.2) is 23.1 Å². The van der Waals surface area contributed by atoms with E-state index >= 15 is 0 Å². The van der Waals surface area contributed by atoms with Crippen molar-refractivity contribution in [2.75, 3.05) is 12.3 Å². The number of sulfonamides is 1. The molecule has 1 aromatic carbocycles. The molecule has 1 aromatic rings. The van der Waals surface area contributed by atoms with Crippen molar-refractivity contribution in [2.24, 2.45) is 5.14 Å². The van der Waals surface area contributed by atoms with E-state index in [0.717, 1.165) is 0 Å². The van der Waals surface area contributed by atoms with Crippen molar-refractivity contribution in [1.82, 2.24) is 0 Å². The summed E-state index contributed by atoms with van der Waals surface area (Å²) in [6.45, 7) is -0.147. The summed E-state index contributed by atoms with van der Waals surface area (Å²) in [5.41, 5.74) is 6.37. The second kappa shape index (κ2) is 3.95. The maximum absolute atomic E-state index is 11.1. The average Bonchev–Trinajstić information content (AvgIpc) is 2.02. The monoisotopic (exact) mass is 216 g/mol. The molecular weight excluding hydrogens is 204 g/mol. The molecule has 0 atom stereocenters. The van der Waals surface area contributed by atoms with Crippen LogP contribution in [0.3, 0.4) is 0 Å². The highest BCUT2D eigenvalue weighted by molar-refractivity contribution is 7.89. The number of benzene rings is 1. The number of hydrogen-bond donors (Lipinski definition) is 3. The molecule has 1 rings (SSSR count). The lowest BCUT2D eigenvalue weighted by atomic mass is 10.1. The fraction of sp³-hybridized carbons (Fsp3) is 0.250. The summed E-state index contributed by atoms with van der Waals surface area (Å²) in [5, 5.41) is 13.7. The predicted octanol–water partition coefficient (Wildman–Crippen LogP) is -0.549. The molecule has 0 saturated carbocycles. The molecule has 0 aliphatic heterocycles. The van der Waals surface area contributed by atoms with E-state index in [-0.39, 0.29) is 17.9 Å². The van der Waals surface area contributed by atoms with Gasteiger partial charge in [0.15, 0.2) is 0 Å². The first-order valence-electron chi connectivity index (χ1n) is 3.97. The molecule has 0 spiro atoms. The maximum atomic E-state index is 11.1. The van der Waals surface area contributed by atoms with Crippen molar-refractivity contribution in [3.8, 4) is 0 Å². The van der Waals surface area contributed by atoms with E-state index in [1.54, 1.807) is 0 Å². The third kappa shape index (κ3) is 2.44. The van der Waals surface area contributed by atoms with Gasteiger partial charge in [-0.3, -0.25) is 0 Å². The Kier molecular flexibility index (Phi) is 3.10. The molecule has 0 heterocycles. The molecule has 0 aliphatic rings. The third-order valence-corrected chi connectivity index (χ3v) is 2.78. The van der Waals surface area contributed by atoms with Crippen LogP contribution < -0.4 is 10.9 Å². The first kappa shape index (κ1) is 11.0. The molecule has 6 heteroatoms. The Balaban J connectivity index is 3.29. The fourth-order valence-corrected chi connectivity index (χ4v) is 1.98. The van der Waals surface area contributed by atoms with E-state index in [0.29, 0.717) is 11.3 Å². The minimum Gasteiger partial charge on any atom is -0.399 e. The van der Waals surface area contributed by atoms with E-state index in [1.807, 2.05) is 0 Å². The third-order valence-electron chi connectivity index (χ3n) is 1.77. The van der Waals surface area contributed by atoms with Crippen molar-refractivity contribution >= 4 is 15.7 Å². The summed E-state index contributed by atoms with van der Waals surface area (Å²) in [5.74, 6) is 0. The Morgan fingerprint density at radius 3 is 2.50 bits per heavy atom. The van der Waals surface area contributed by atoms with E-state index in [4.69, 9.17) is 16.0 Å². The van der Waals surface area contributed by atoms with Crippen molar-refractivity contribution in [3.05, 3.63) is 23.8 Å². The van der Waals surface area contributed by atoms with Gasteiger partial charge < -0.3 is 10.8 Å². The number of rotatable bonds is 3. The molecule has 0 aromatic heterocycles. The van der Waals surface area contributed by atoms with Crippen LogP contribution in [0.5, 0.6) is 0 Å². The maximum Gasteiger partial charge on any atom is 0.238 e. The van der Waals surface area contributed by atoms with Crippen molar-refractivity contribution in [1.29, 1.82) is 0 Å². The summed E-state index contributed by atoms with van der Waals surface area (Å²) in [6, 6.07) is 4.30. The van der Waals surface area contributed by atoms with Gasteiger partial charge in [-0.1, -0.05) is 0 Å². The standard InChI is InChI=1S/C8H12N2O3S/c9-7-1-2-8(14(10,12)13)6(5-7)3-4-11/h1-2,5,11H,3-4,9H2,(H2,10,12,13). The normalized spacial score (nSPS) is 11.6. The lowest BCUT2D eigenvalue weighted by Crippen LogP contribution is -2.15. The van der Waals surface area contributed by atoms with E-state index in [9.17, 15) is 8.42 Å². The van der Waals surface area contributed by atoms with E-state index in [1.165, 1.54) is 18.2 Å². The first-order valence-corrected chi connectivity index (χ1v) is 5.52. The number of nitrogen functional groups attached to an aromatic ring is 1.